The second kappa shape index (κ2) is 12.6. The standard InChI is InChI=1S/C16H28N2O3/c1-2-3-9-19-11-13-21-14-12-20-10-5-7-15-6-4-8-18-16(15)17/h4,6,8H,2-3,5,7,9-14H2,1H3,(H2,17,18). The summed E-state index contributed by atoms with van der Waals surface area (Å²) in [6.45, 7) is 6.24. The van der Waals surface area contributed by atoms with Crippen molar-refractivity contribution in [2.45, 2.75) is 32.6 Å². The van der Waals surface area contributed by atoms with Crippen LogP contribution in [0, 0.1) is 0 Å². The van der Waals surface area contributed by atoms with E-state index in [0.717, 1.165) is 31.4 Å². The zero-order valence-corrected chi connectivity index (χ0v) is 13.1. The predicted molar refractivity (Wildman–Crippen MR) is 84.3 cm³/mol. The molecule has 0 saturated carbocycles. The number of ether oxygens (including phenoxy) is 3. The van der Waals surface area contributed by atoms with Crippen LogP contribution in [-0.2, 0) is 20.6 Å². The monoisotopic (exact) mass is 296 g/mol. The number of aromatic nitrogens is 1. The van der Waals surface area contributed by atoms with Gasteiger partial charge in [-0.25, -0.2) is 4.98 Å². The number of nitrogen functional groups attached to an aromatic ring is 1. The van der Waals surface area contributed by atoms with Crippen LogP contribution in [0.4, 0.5) is 5.82 Å². The summed E-state index contributed by atoms with van der Waals surface area (Å²) in [5.74, 6) is 0.615. The number of pyridine rings is 1. The number of hydrogen-bond acceptors (Lipinski definition) is 5. The number of aryl methyl sites for hydroxylation is 1. The van der Waals surface area contributed by atoms with Crippen LogP contribution in [0.2, 0.25) is 0 Å². The smallest absolute Gasteiger partial charge is 0.126 e. The molecule has 0 saturated heterocycles. The van der Waals surface area contributed by atoms with E-state index in [0.29, 0.717) is 38.9 Å². The van der Waals surface area contributed by atoms with Gasteiger partial charge in [-0.05, 0) is 30.9 Å². The summed E-state index contributed by atoms with van der Waals surface area (Å²) in [5, 5.41) is 0. The fraction of sp³-hybridized carbons (Fsp3) is 0.688. The fourth-order valence-corrected chi connectivity index (χ4v) is 1.82. The molecule has 1 aromatic heterocycles. The van der Waals surface area contributed by atoms with Crippen LogP contribution < -0.4 is 5.73 Å². The van der Waals surface area contributed by atoms with E-state index in [9.17, 15) is 0 Å². The molecule has 0 atom stereocenters. The van der Waals surface area contributed by atoms with Crippen LogP contribution in [0.3, 0.4) is 0 Å². The summed E-state index contributed by atoms with van der Waals surface area (Å²) >= 11 is 0. The minimum atomic E-state index is 0.615. The first-order chi connectivity index (χ1) is 10.3. The second-order valence-corrected chi connectivity index (χ2v) is 4.84. The van der Waals surface area contributed by atoms with E-state index in [1.54, 1.807) is 6.20 Å². The van der Waals surface area contributed by atoms with E-state index < -0.39 is 0 Å². The van der Waals surface area contributed by atoms with Gasteiger partial charge in [-0.2, -0.15) is 0 Å². The molecular formula is C16H28N2O3. The van der Waals surface area contributed by atoms with Gasteiger partial charge in [0.05, 0.1) is 26.4 Å². The molecule has 1 heterocycles. The lowest BCUT2D eigenvalue weighted by Crippen LogP contribution is -2.10. The first kappa shape index (κ1) is 17.9. The van der Waals surface area contributed by atoms with Crippen LogP contribution in [0.1, 0.15) is 31.7 Å². The third kappa shape index (κ3) is 9.39. The SMILES string of the molecule is CCCCOCCOCCOCCCc1cccnc1N. The Kier molecular flexibility index (Phi) is 10.7. The van der Waals surface area contributed by atoms with Gasteiger partial charge in [0.1, 0.15) is 5.82 Å². The van der Waals surface area contributed by atoms with Crippen molar-refractivity contribution in [2.24, 2.45) is 0 Å². The zero-order chi connectivity index (χ0) is 15.2. The minimum absolute atomic E-state index is 0.615. The van der Waals surface area contributed by atoms with Gasteiger partial charge in [0, 0.05) is 19.4 Å². The average Bonchev–Trinajstić information content (AvgIpc) is 2.50. The van der Waals surface area contributed by atoms with Crippen molar-refractivity contribution in [1.82, 2.24) is 4.98 Å². The molecule has 0 aliphatic rings. The third-order valence-corrected chi connectivity index (χ3v) is 3.05. The maximum absolute atomic E-state index is 5.78. The van der Waals surface area contributed by atoms with Crippen LogP contribution in [-0.4, -0.2) is 44.6 Å². The summed E-state index contributed by atoms with van der Waals surface area (Å²) in [6.07, 6.45) is 5.82. The quantitative estimate of drug-likeness (QED) is 0.566. The molecule has 120 valence electrons. The molecule has 0 aliphatic carbocycles. The molecule has 0 aliphatic heterocycles. The largest absolute Gasteiger partial charge is 0.383 e. The number of nitrogens with two attached hydrogens (primary N) is 1. The highest BCUT2D eigenvalue weighted by atomic mass is 16.5. The molecule has 0 fully saturated rings. The Labute approximate surface area is 127 Å². The highest BCUT2D eigenvalue weighted by molar-refractivity contribution is 5.38. The van der Waals surface area contributed by atoms with Crippen molar-refractivity contribution in [3.05, 3.63) is 23.9 Å². The number of unbranched alkanes of at least 4 members (excludes halogenated alkanes) is 1. The molecule has 0 amide bonds. The number of nitrogens with zero attached hydrogens (tertiary/aromatic N) is 1. The summed E-state index contributed by atoms with van der Waals surface area (Å²) in [6, 6.07) is 3.91. The van der Waals surface area contributed by atoms with E-state index >= 15 is 0 Å². The maximum atomic E-state index is 5.78. The normalized spacial score (nSPS) is 10.9. The number of anilines is 1. The van der Waals surface area contributed by atoms with Gasteiger partial charge < -0.3 is 19.9 Å². The van der Waals surface area contributed by atoms with Gasteiger partial charge in [-0.3, -0.25) is 0 Å². The molecule has 21 heavy (non-hydrogen) atoms. The summed E-state index contributed by atoms with van der Waals surface area (Å²) in [5.41, 5.74) is 6.86. The molecule has 0 aromatic carbocycles. The van der Waals surface area contributed by atoms with Crippen molar-refractivity contribution in [2.75, 3.05) is 45.4 Å². The fourth-order valence-electron chi connectivity index (χ4n) is 1.82. The van der Waals surface area contributed by atoms with E-state index in [1.165, 1.54) is 6.42 Å². The zero-order valence-electron chi connectivity index (χ0n) is 13.1. The Morgan fingerprint density at radius 3 is 2.19 bits per heavy atom. The molecule has 5 nitrogen and oxygen atoms in total. The first-order valence-corrected chi connectivity index (χ1v) is 7.77. The lowest BCUT2D eigenvalue weighted by atomic mass is 10.1. The van der Waals surface area contributed by atoms with Crippen LogP contribution in [0.5, 0.6) is 0 Å². The van der Waals surface area contributed by atoms with Gasteiger partial charge >= 0.3 is 0 Å². The molecule has 5 heteroatoms. The van der Waals surface area contributed by atoms with Crippen LogP contribution in [0.25, 0.3) is 0 Å². The van der Waals surface area contributed by atoms with E-state index in [1.807, 2.05) is 12.1 Å². The van der Waals surface area contributed by atoms with Crippen molar-refractivity contribution < 1.29 is 14.2 Å². The summed E-state index contributed by atoms with van der Waals surface area (Å²) < 4.78 is 16.3. The maximum Gasteiger partial charge on any atom is 0.126 e. The average molecular weight is 296 g/mol. The van der Waals surface area contributed by atoms with Crippen molar-refractivity contribution in [3.63, 3.8) is 0 Å². The van der Waals surface area contributed by atoms with E-state index in [4.69, 9.17) is 19.9 Å². The Morgan fingerprint density at radius 2 is 1.57 bits per heavy atom. The molecule has 0 radical (unpaired) electrons. The topological polar surface area (TPSA) is 66.6 Å². The first-order valence-electron chi connectivity index (χ1n) is 7.77. The lowest BCUT2D eigenvalue weighted by Gasteiger charge is -2.07. The summed E-state index contributed by atoms with van der Waals surface area (Å²) in [4.78, 5) is 4.06. The Morgan fingerprint density at radius 1 is 0.952 bits per heavy atom. The van der Waals surface area contributed by atoms with E-state index in [-0.39, 0.29) is 0 Å². The van der Waals surface area contributed by atoms with Gasteiger partial charge in [0.25, 0.3) is 0 Å². The number of rotatable bonds is 13. The Hall–Kier alpha value is -1.17. The lowest BCUT2D eigenvalue weighted by molar-refractivity contribution is 0.0137. The molecule has 0 bridgehead atoms. The van der Waals surface area contributed by atoms with Gasteiger partial charge in [0.2, 0.25) is 0 Å². The number of hydrogen-bond donors (Lipinski definition) is 1. The van der Waals surface area contributed by atoms with Crippen LogP contribution in [0.15, 0.2) is 18.3 Å². The highest BCUT2D eigenvalue weighted by Crippen LogP contribution is 2.09. The molecule has 0 unspecified atom stereocenters. The van der Waals surface area contributed by atoms with Crippen molar-refractivity contribution >= 4 is 5.82 Å². The van der Waals surface area contributed by atoms with Gasteiger partial charge in [0.15, 0.2) is 0 Å². The molecule has 1 rings (SSSR count). The predicted octanol–water partition coefficient (Wildman–Crippen LogP) is 2.45. The van der Waals surface area contributed by atoms with Crippen molar-refractivity contribution in [3.8, 4) is 0 Å². The van der Waals surface area contributed by atoms with Gasteiger partial charge in [-0.15, -0.1) is 0 Å². The van der Waals surface area contributed by atoms with E-state index in [2.05, 4.69) is 11.9 Å². The minimum Gasteiger partial charge on any atom is -0.383 e. The summed E-state index contributed by atoms with van der Waals surface area (Å²) in [7, 11) is 0. The van der Waals surface area contributed by atoms with Crippen molar-refractivity contribution in [1.29, 1.82) is 0 Å². The Bertz CT molecular complexity index is 361. The van der Waals surface area contributed by atoms with Crippen LogP contribution >= 0.6 is 0 Å². The highest BCUT2D eigenvalue weighted by Gasteiger charge is 1.98. The molecule has 1 aromatic rings. The second-order valence-electron chi connectivity index (χ2n) is 4.84. The molecule has 0 spiro atoms. The third-order valence-electron chi connectivity index (χ3n) is 3.05. The molecular weight excluding hydrogens is 268 g/mol. The molecule has 2 N–H and O–H groups in total. The Balaban J connectivity index is 1.84. The van der Waals surface area contributed by atoms with Gasteiger partial charge in [-0.1, -0.05) is 19.4 Å².